The molecule has 0 saturated heterocycles. The first-order valence-electron chi connectivity index (χ1n) is 7.25. The Kier molecular flexibility index (Phi) is 6.64. The number of aryl methyl sites for hydroxylation is 2. The number of hydrogen-bond donors (Lipinski definition) is 1. The third kappa shape index (κ3) is 4.18. The Hall–Kier alpha value is -1.11. The van der Waals surface area contributed by atoms with Gasteiger partial charge >= 0.3 is 0 Å². The summed E-state index contributed by atoms with van der Waals surface area (Å²) >= 11 is 0. The number of nitrogens with zero attached hydrogens (tertiary/aromatic N) is 1. The van der Waals surface area contributed by atoms with Crippen LogP contribution >= 0.6 is 0 Å². The van der Waals surface area contributed by atoms with Gasteiger partial charge < -0.3 is 10.1 Å². The summed E-state index contributed by atoms with van der Waals surface area (Å²) in [5, 5.41) is 3.04. The van der Waals surface area contributed by atoms with Crippen LogP contribution in [0.2, 0.25) is 0 Å². The predicted octanol–water partition coefficient (Wildman–Crippen LogP) is 2.39. The molecule has 6 heteroatoms. The second kappa shape index (κ2) is 7.77. The van der Waals surface area contributed by atoms with Crippen molar-refractivity contribution >= 4 is 15.7 Å². The van der Waals surface area contributed by atoms with Gasteiger partial charge in [0.25, 0.3) is 0 Å². The Labute approximate surface area is 128 Å². The molecule has 0 amide bonds. The standard InChI is InChI=1S/C15H26N2O3S/c1-6-17(8-9-20-7-2)21(18,19)15-12(3)10-14(16-5)11-13(15)4/h10-11,16H,6-9H2,1-5H3. The van der Waals surface area contributed by atoms with Gasteiger partial charge in [0, 0.05) is 32.4 Å². The van der Waals surface area contributed by atoms with Crippen molar-refractivity contribution in [3.8, 4) is 0 Å². The Balaban J connectivity index is 3.17. The van der Waals surface area contributed by atoms with Crippen molar-refractivity contribution in [2.24, 2.45) is 0 Å². The first-order valence-corrected chi connectivity index (χ1v) is 8.69. The average Bonchev–Trinajstić information content (AvgIpc) is 2.42. The minimum Gasteiger partial charge on any atom is -0.388 e. The van der Waals surface area contributed by atoms with E-state index in [2.05, 4.69) is 5.32 Å². The van der Waals surface area contributed by atoms with Gasteiger partial charge in [-0.1, -0.05) is 6.92 Å². The van der Waals surface area contributed by atoms with E-state index < -0.39 is 10.0 Å². The summed E-state index contributed by atoms with van der Waals surface area (Å²) in [7, 11) is -1.67. The number of sulfonamides is 1. The van der Waals surface area contributed by atoms with Gasteiger partial charge in [0.05, 0.1) is 11.5 Å². The first-order chi connectivity index (χ1) is 9.88. The van der Waals surface area contributed by atoms with Crippen molar-refractivity contribution in [1.29, 1.82) is 0 Å². The summed E-state index contributed by atoms with van der Waals surface area (Å²) in [5.74, 6) is 0. The average molecular weight is 314 g/mol. The molecule has 0 aliphatic rings. The van der Waals surface area contributed by atoms with Crippen LogP contribution in [-0.2, 0) is 14.8 Å². The molecule has 0 unspecified atom stereocenters. The summed E-state index contributed by atoms with van der Waals surface area (Å²) in [6, 6.07) is 3.71. The summed E-state index contributed by atoms with van der Waals surface area (Å²) in [6.45, 7) is 9.21. The van der Waals surface area contributed by atoms with E-state index in [0.29, 0.717) is 31.2 Å². The van der Waals surface area contributed by atoms with E-state index in [-0.39, 0.29) is 0 Å². The van der Waals surface area contributed by atoms with E-state index in [1.165, 1.54) is 4.31 Å². The van der Waals surface area contributed by atoms with Crippen LogP contribution in [0.3, 0.4) is 0 Å². The summed E-state index contributed by atoms with van der Waals surface area (Å²) < 4.78 is 32.4. The highest BCUT2D eigenvalue weighted by atomic mass is 32.2. The molecule has 0 atom stereocenters. The van der Waals surface area contributed by atoms with Gasteiger partial charge in [-0.3, -0.25) is 0 Å². The SMILES string of the molecule is CCOCCN(CC)S(=O)(=O)c1c(C)cc(NC)cc1C. The highest BCUT2D eigenvalue weighted by molar-refractivity contribution is 7.89. The van der Waals surface area contributed by atoms with E-state index in [9.17, 15) is 8.42 Å². The lowest BCUT2D eigenvalue weighted by Gasteiger charge is -2.23. The van der Waals surface area contributed by atoms with Gasteiger partial charge in [-0.15, -0.1) is 0 Å². The van der Waals surface area contributed by atoms with Gasteiger partial charge in [-0.25, -0.2) is 8.42 Å². The molecule has 1 N–H and O–H groups in total. The lowest BCUT2D eigenvalue weighted by Crippen LogP contribution is -2.34. The largest absolute Gasteiger partial charge is 0.388 e. The molecule has 0 bridgehead atoms. The molecule has 120 valence electrons. The highest BCUT2D eigenvalue weighted by Crippen LogP contribution is 2.27. The summed E-state index contributed by atoms with van der Waals surface area (Å²) in [5.41, 5.74) is 2.43. The lowest BCUT2D eigenvalue weighted by molar-refractivity contribution is 0.135. The van der Waals surface area contributed by atoms with E-state index in [4.69, 9.17) is 4.74 Å². The molecule has 0 spiro atoms. The molecule has 5 nitrogen and oxygen atoms in total. The lowest BCUT2D eigenvalue weighted by atomic mass is 10.1. The molecule has 1 aromatic rings. The second-order valence-corrected chi connectivity index (χ2v) is 6.76. The number of likely N-dealkylation sites (N-methyl/N-ethyl adjacent to an activating group) is 1. The maximum absolute atomic E-state index is 12.8. The predicted molar refractivity (Wildman–Crippen MR) is 86.4 cm³/mol. The maximum atomic E-state index is 12.8. The molecular formula is C15H26N2O3S. The molecule has 0 aromatic heterocycles. The maximum Gasteiger partial charge on any atom is 0.243 e. The van der Waals surface area contributed by atoms with E-state index in [0.717, 1.165) is 16.8 Å². The van der Waals surface area contributed by atoms with Crippen molar-refractivity contribution in [2.75, 3.05) is 38.7 Å². The molecule has 0 saturated carbocycles. The zero-order chi connectivity index (χ0) is 16.0. The van der Waals surface area contributed by atoms with E-state index in [1.807, 2.05) is 46.9 Å². The third-order valence-corrected chi connectivity index (χ3v) is 5.67. The number of anilines is 1. The number of hydrogen-bond acceptors (Lipinski definition) is 4. The molecule has 0 fully saturated rings. The Morgan fingerprint density at radius 1 is 1.19 bits per heavy atom. The Morgan fingerprint density at radius 2 is 1.76 bits per heavy atom. The van der Waals surface area contributed by atoms with Crippen LogP contribution in [0, 0.1) is 13.8 Å². The zero-order valence-corrected chi connectivity index (χ0v) is 14.4. The van der Waals surface area contributed by atoms with Crippen LogP contribution in [0.25, 0.3) is 0 Å². The van der Waals surface area contributed by atoms with E-state index in [1.54, 1.807) is 0 Å². The van der Waals surface area contributed by atoms with Crippen molar-refractivity contribution in [3.63, 3.8) is 0 Å². The van der Waals surface area contributed by atoms with Gasteiger partial charge in [0.15, 0.2) is 0 Å². The normalized spacial score (nSPS) is 11.9. The van der Waals surface area contributed by atoms with Gasteiger partial charge in [0.1, 0.15) is 0 Å². The van der Waals surface area contributed by atoms with Gasteiger partial charge in [-0.05, 0) is 44.0 Å². The second-order valence-electron chi connectivity index (χ2n) is 4.88. The molecular weight excluding hydrogens is 288 g/mol. The number of benzene rings is 1. The molecule has 0 radical (unpaired) electrons. The first kappa shape index (κ1) is 17.9. The topological polar surface area (TPSA) is 58.6 Å². The number of ether oxygens (including phenoxy) is 1. The highest BCUT2D eigenvalue weighted by Gasteiger charge is 2.26. The van der Waals surface area contributed by atoms with Crippen molar-refractivity contribution < 1.29 is 13.2 Å². The molecule has 0 aliphatic carbocycles. The Morgan fingerprint density at radius 3 is 2.19 bits per heavy atom. The van der Waals surface area contributed by atoms with Crippen molar-refractivity contribution in [3.05, 3.63) is 23.3 Å². The molecule has 0 aliphatic heterocycles. The van der Waals surface area contributed by atoms with Crippen LogP contribution < -0.4 is 5.32 Å². The molecule has 1 aromatic carbocycles. The molecule has 21 heavy (non-hydrogen) atoms. The summed E-state index contributed by atoms with van der Waals surface area (Å²) in [6.07, 6.45) is 0. The smallest absolute Gasteiger partial charge is 0.243 e. The minimum absolute atomic E-state index is 0.374. The Bertz CT molecular complexity index is 547. The minimum atomic E-state index is -3.49. The van der Waals surface area contributed by atoms with Crippen LogP contribution in [-0.4, -0.2) is 46.1 Å². The fourth-order valence-electron chi connectivity index (χ4n) is 2.39. The van der Waals surface area contributed by atoms with E-state index >= 15 is 0 Å². The van der Waals surface area contributed by atoms with Crippen molar-refractivity contribution in [1.82, 2.24) is 4.31 Å². The van der Waals surface area contributed by atoms with Gasteiger partial charge in [-0.2, -0.15) is 4.31 Å². The zero-order valence-electron chi connectivity index (χ0n) is 13.6. The van der Waals surface area contributed by atoms with Crippen LogP contribution in [0.15, 0.2) is 17.0 Å². The number of nitrogens with one attached hydrogen (secondary N) is 1. The van der Waals surface area contributed by atoms with Crippen LogP contribution in [0.5, 0.6) is 0 Å². The fraction of sp³-hybridized carbons (Fsp3) is 0.600. The van der Waals surface area contributed by atoms with Crippen molar-refractivity contribution in [2.45, 2.75) is 32.6 Å². The molecule has 0 heterocycles. The van der Waals surface area contributed by atoms with Crippen LogP contribution in [0.4, 0.5) is 5.69 Å². The molecule has 1 rings (SSSR count). The summed E-state index contributed by atoms with van der Waals surface area (Å²) in [4.78, 5) is 0.403. The quantitative estimate of drug-likeness (QED) is 0.749. The fourth-order valence-corrected chi connectivity index (χ4v) is 4.23. The monoisotopic (exact) mass is 314 g/mol. The van der Waals surface area contributed by atoms with Crippen LogP contribution in [0.1, 0.15) is 25.0 Å². The third-order valence-electron chi connectivity index (χ3n) is 3.39. The number of rotatable bonds is 8. The van der Waals surface area contributed by atoms with Gasteiger partial charge in [0.2, 0.25) is 10.0 Å².